The number of carbonyl (C=O) groups is 3. The molecule has 3 amide bonds. The molecular weight excluding hydrogens is 564 g/mol. The van der Waals surface area contributed by atoms with Crippen molar-refractivity contribution in [3.05, 3.63) is 113 Å². The summed E-state index contributed by atoms with van der Waals surface area (Å²) >= 11 is 0. The number of fused-ring (bicyclic) bond motifs is 1. The Balaban J connectivity index is 1.49. The first-order valence-corrected chi connectivity index (χ1v) is 14.0. The molecule has 4 aromatic rings. The van der Waals surface area contributed by atoms with E-state index < -0.39 is 35.6 Å². The van der Waals surface area contributed by atoms with Crippen molar-refractivity contribution in [1.82, 2.24) is 10.6 Å². The van der Waals surface area contributed by atoms with E-state index in [4.69, 9.17) is 20.6 Å². The molecule has 0 unspecified atom stereocenters. The van der Waals surface area contributed by atoms with Gasteiger partial charge in [-0.1, -0.05) is 60.7 Å². The van der Waals surface area contributed by atoms with E-state index in [1.54, 1.807) is 18.2 Å². The minimum Gasteiger partial charge on any atom is -0.445 e. The second-order valence-electron chi connectivity index (χ2n) is 9.95. The Morgan fingerprint density at radius 3 is 2.20 bits per heavy atom. The molecule has 0 saturated heterocycles. The standard InChI is InChI=1S/C32H34N6O6/c33-31(34)35-17-7-12-25(29(40)36-24-15-13-23-14-16-28(39)44-27(23)19-24)37-30(41)26(18-21-8-3-1-4-9-21)38-32(42)43-20-22-10-5-2-6-11-22/h1-6,8-11,13-16,19,25-26H,7,12,17-18,20H2,(H,36,40)(H,37,41)(H,38,42)(H4,33,34,35)/t25-,26-/m0/s1. The molecule has 0 fully saturated rings. The molecule has 44 heavy (non-hydrogen) atoms. The van der Waals surface area contributed by atoms with Crippen LogP contribution >= 0.6 is 0 Å². The fourth-order valence-corrected chi connectivity index (χ4v) is 4.38. The van der Waals surface area contributed by atoms with E-state index in [1.807, 2.05) is 60.7 Å². The van der Waals surface area contributed by atoms with Gasteiger partial charge in [0.2, 0.25) is 11.8 Å². The van der Waals surface area contributed by atoms with Gasteiger partial charge in [-0.15, -0.1) is 0 Å². The molecule has 0 saturated carbocycles. The maximum absolute atomic E-state index is 13.6. The van der Waals surface area contributed by atoms with Gasteiger partial charge >= 0.3 is 11.7 Å². The second-order valence-corrected chi connectivity index (χ2v) is 9.95. The van der Waals surface area contributed by atoms with Gasteiger partial charge in [0, 0.05) is 36.2 Å². The van der Waals surface area contributed by atoms with E-state index in [2.05, 4.69) is 20.9 Å². The lowest BCUT2D eigenvalue weighted by Crippen LogP contribution is -2.53. The van der Waals surface area contributed by atoms with Crippen molar-refractivity contribution in [1.29, 1.82) is 0 Å². The van der Waals surface area contributed by atoms with Gasteiger partial charge in [0.1, 0.15) is 24.3 Å². The van der Waals surface area contributed by atoms with Crippen LogP contribution in [-0.4, -0.2) is 42.5 Å². The smallest absolute Gasteiger partial charge is 0.408 e. The van der Waals surface area contributed by atoms with Gasteiger partial charge in [-0.3, -0.25) is 14.6 Å². The first-order valence-electron chi connectivity index (χ1n) is 14.0. The number of rotatable bonds is 13. The van der Waals surface area contributed by atoms with Crippen LogP contribution in [0.1, 0.15) is 24.0 Å². The normalized spacial score (nSPS) is 12.0. The summed E-state index contributed by atoms with van der Waals surface area (Å²) in [5.74, 6) is -1.20. The van der Waals surface area contributed by atoms with Crippen molar-refractivity contribution in [2.75, 3.05) is 11.9 Å². The average molecular weight is 599 g/mol. The number of nitrogens with zero attached hydrogens (tertiary/aromatic N) is 1. The Labute approximate surface area is 253 Å². The van der Waals surface area contributed by atoms with Gasteiger partial charge in [0.25, 0.3) is 0 Å². The third-order valence-corrected chi connectivity index (χ3v) is 6.57. The average Bonchev–Trinajstić information content (AvgIpc) is 3.01. The van der Waals surface area contributed by atoms with Crippen molar-refractivity contribution in [3.8, 4) is 0 Å². The SMILES string of the molecule is NC(N)=NCCC[C@H](NC(=O)[C@H](Cc1ccccc1)NC(=O)OCc1ccccc1)C(=O)Nc1ccc2ccc(=O)oc2c1. The lowest BCUT2D eigenvalue weighted by Gasteiger charge is -2.23. The lowest BCUT2D eigenvalue weighted by molar-refractivity contribution is -0.128. The minimum atomic E-state index is -1.05. The Hall–Kier alpha value is -5.65. The summed E-state index contributed by atoms with van der Waals surface area (Å²) < 4.78 is 10.6. The zero-order valence-electron chi connectivity index (χ0n) is 23.9. The molecular formula is C32H34N6O6. The summed E-state index contributed by atoms with van der Waals surface area (Å²) in [5, 5.41) is 8.84. The molecule has 0 radical (unpaired) electrons. The van der Waals surface area contributed by atoms with E-state index >= 15 is 0 Å². The molecule has 12 nitrogen and oxygen atoms in total. The maximum atomic E-state index is 13.6. The topological polar surface area (TPSA) is 191 Å². The van der Waals surface area contributed by atoms with Crippen LogP contribution in [0.4, 0.5) is 10.5 Å². The zero-order valence-corrected chi connectivity index (χ0v) is 23.9. The summed E-state index contributed by atoms with van der Waals surface area (Å²) in [4.78, 5) is 55.4. The lowest BCUT2D eigenvalue weighted by atomic mass is 10.0. The maximum Gasteiger partial charge on any atom is 0.408 e. The van der Waals surface area contributed by atoms with Crippen molar-refractivity contribution >= 4 is 40.5 Å². The number of amides is 3. The molecule has 12 heteroatoms. The number of benzene rings is 3. The van der Waals surface area contributed by atoms with Crippen LogP contribution in [0.2, 0.25) is 0 Å². The highest BCUT2D eigenvalue weighted by Gasteiger charge is 2.27. The van der Waals surface area contributed by atoms with Gasteiger partial charge in [-0.05, 0) is 42.2 Å². The molecule has 0 aliphatic heterocycles. The molecule has 0 aliphatic carbocycles. The quantitative estimate of drug-likeness (QED) is 0.0671. The van der Waals surface area contributed by atoms with Crippen LogP contribution in [-0.2, 0) is 27.4 Å². The van der Waals surface area contributed by atoms with Gasteiger partial charge in [0.15, 0.2) is 5.96 Å². The highest BCUT2D eigenvalue weighted by molar-refractivity contribution is 5.99. The third kappa shape index (κ3) is 9.72. The Bertz CT molecular complexity index is 1650. The number of ether oxygens (including phenoxy) is 1. The summed E-state index contributed by atoms with van der Waals surface area (Å²) in [6.07, 6.45) is -0.0674. The highest BCUT2D eigenvalue weighted by atomic mass is 16.5. The predicted octanol–water partition coefficient (Wildman–Crippen LogP) is 2.81. The fraction of sp³-hybridized carbons (Fsp3) is 0.219. The molecule has 1 heterocycles. The van der Waals surface area contributed by atoms with E-state index in [-0.39, 0.29) is 32.0 Å². The molecule has 1 aromatic heterocycles. The van der Waals surface area contributed by atoms with E-state index in [1.165, 1.54) is 12.1 Å². The molecule has 2 atom stereocenters. The molecule has 0 spiro atoms. The fourth-order valence-electron chi connectivity index (χ4n) is 4.38. The Morgan fingerprint density at radius 2 is 1.50 bits per heavy atom. The highest BCUT2D eigenvalue weighted by Crippen LogP contribution is 2.18. The number of nitrogens with one attached hydrogen (secondary N) is 3. The molecule has 7 N–H and O–H groups in total. The second kappa shape index (κ2) is 15.5. The number of anilines is 1. The van der Waals surface area contributed by atoms with E-state index in [9.17, 15) is 19.2 Å². The van der Waals surface area contributed by atoms with Gasteiger partial charge in [-0.25, -0.2) is 9.59 Å². The summed E-state index contributed by atoms with van der Waals surface area (Å²) in [6.45, 7) is 0.259. The Kier molecular flexibility index (Phi) is 11.1. The predicted molar refractivity (Wildman–Crippen MR) is 167 cm³/mol. The summed E-state index contributed by atoms with van der Waals surface area (Å²) in [7, 11) is 0. The van der Waals surface area contributed by atoms with Gasteiger partial charge in [0.05, 0.1) is 0 Å². The van der Waals surface area contributed by atoms with E-state index in [0.29, 0.717) is 23.1 Å². The number of carbonyl (C=O) groups excluding carboxylic acids is 3. The minimum absolute atomic E-state index is 0.0219. The molecule has 4 rings (SSSR count). The summed E-state index contributed by atoms with van der Waals surface area (Å²) in [5.41, 5.74) is 12.6. The molecule has 0 bridgehead atoms. The number of hydrogen-bond acceptors (Lipinski definition) is 7. The van der Waals surface area contributed by atoms with E-state index in [0.717, 1.165) is 11.1 Å². The van der Waals surface area contributed by atoms with Gasteiger partial charge in [-0.2, -0.15) is 0 Å². The first-order chi connectivity index (χ1) is 21.3. The van der Waals surface area contributed by atoms with Crippen LogP contribution in [0.25, 0.3) is 11.0 Å². The molecule has 0 aliphatic rings. The number of hydrogen-bond donors (Lipinski definition) is 5. The largest absolute Gasteiger partial charge is 0.445 e. The number of guanidine groups is 1. The van der Waals surface area contributed by atoms with Crippen molar-refractivity contribution in [2.45, 2.75) is 38.0 Å². The van der Waals surface area contributed by atoms with Crippen molar-refractivity contribution in [2.24, 2.45) is 16.5 Å². The molecule has 3 aromatic carbocycles. The van der Waals surface area contributed by atoms with Gasteiger partial charge < -0.3 is 36.6 Å². The number of alkyl carbamates (subject to hydrolysis) is 1. The van der Waals surface area contributed by atoms with Crippen LogP contribution < -0.4 is 33.0 Å². The monoisotopic (exact) mass is 598 g/mol. The third-order valence-electron chi connectivity index (χ3n) is 6.57. The van der Waals surface area contributed by atoms with Crippen LogP contribution in [0.15, 0.2) is 105 Å². The summed E-state index contributed by atoms with van der Waals surface area (Å²) in [6, 6.07) is 24.0. The molecule has 228 valence electrons. The Morgan fingerprint density at radius 1 is 0.818 bits per heavy atom. The van der Waals surface area contributed by atoms with Crippen molar-refractivity contribution < 1.29 is 23.5 Å². The van der Waals surface area contributed by atoms with Crippen molar-refractivity contribution in [3.63, 3.8) is 0 Å². The number of aliphatic imine (C=N–C) groups is 1. The number of nitrogens with two attached hydrogens (primary N) is 2. The van der Waals surface area contributed by atoms with Crippen LogP contribution in [0, 0.1) is 0 Å². The van der Waals surface area contributed by atoms with Crippen LogP contribution in [0.3, 0.4) is 0 Å². The van der Waals surface area contributed by atoms with Crippen LogP contribution in [0.5, 0.6) is 0 Å². The zero-order chi connectivity index (χ0) is 31.3. The first kappa shape index (κ1) is 31.3.